The van der Waals surface area contributed by atoms with Crippen molar-refractivity contribution in [1.82, 2.24) is 4.57 Å². The topological polar surface area (TPSA) is 24.6 Å². The second-order valence-corrected chi connectivity index (χ2v) is 32.2. The number of furan rings is 1. The maximum atomic E-state index is 6.78. The molecule has 0 radical (unpaired) electrons. The number of fused-ring (bicyclic) bond motifs is 12. The molecule has 0 bridgehead atoms. The minimum atomic E-state index is -0.307. The van der Waals surface area contributed by atoms with Gasteiger partial charge in [0, 0.05) is 66.5 Å². The molecular formula is C106H78BN3O. The zero-order valence-corrected chi connectivity index (χ0v) is 63.0. The highest BCUT2D eigenvalue weighted by molar-refractivity contribution is 7.00. The molecule has 4 heterocycles. The molecule has 0 N–H and O–H groups in total. The van der Waals surface area contributed by atoms with Gasteiger partial charge in [-0.2, -0.15) is 0 Å². The first-order valence-electron chi connectivity index (χ1n) is 38.9. The number of rotatable bonds is 10. The third-order valence-corrected chi connectivity index (χ3v) is 23.6. The Morgan fingerprint density at radius 1 is 0.252 bits per heavy atom. The average Bonchev–Trinajstić information content (AvgIpc) is 1.68. The normalized spacial score (nSPS) is 12.7. The quantitative estimate of drug-likeness (QED) is 0.101. The molecule has 0 fully saturated rings. The van der Waals surface area contributed by atoms with Gasteiger partial charge in [0.05, 0.1) is 28.1 Å². The molecule has 2 aliphatic heterocycles. The van der Waals surface area contributed by atoms with Gasteiger partial charge in [-0.25, -0.2) is 0 Å². The largest absolute Gasteiger partial charge is 0.456 e. The van der Waals surface area contributed by atoms with Gasteiger partial charge >= 0.3 is 0 Å². The molecule has 0 atom stereocenters. The Kier molecular flexibility index (Phi) is 15.2. The van der Waals surface area contributed by atoms with E-state index in [0.717, 1.165) is 134 Å². The van der Waals surface area contributed by atoms with Crippen molar-refractivity contribution in [3.05, 3.63) is 375 Å². The highest BCUT2D eigenvalue weighted by Gasteiger charge is 2.46. The van der Waals surface area contributed by atoms with E-state index in [0.29, 0.717) is 0 Å². The van der Waals surface area contributed by atoms with Crippen molar-refractivity contribution >= 4 is 123 Å². The van der Waals surface area contributed by atoms with E-state index in [-0.39, 0.29) is 17.5 Å². The van der Waals surface area contributed by atoms with E-state index < -0.39 is 0 Å². The van der Waals surface area contributed by atoms with Crippen molar-refractivity contribution < 1.29 is 4.42 Å². The van der Waals surface area contributed by atoms with Crippen molar-refractivity contribution in [3.63, 3.8) is 0 Å². The molecule has 0 saturated carbocycles. The van der Waals surface area contributed by atoms with Crippen LogP contribution in [0.15, 0.2) is 368 Å². The van der Waals surface area contributed by atoms with E-state index in [2.05, 4.69) is 420 Å². The molecule has 0 saturated heterocycles. The molecule has 0 amide bonds. The van der Waals surface area contributed by atoms with Gasteiger partial charge in [0.25, 0.3) is 6.71 Å². The van der Waals surface area contributed by atoms with Crippen LogP contribution in [0.1, 0.15) is 52.7 Å². The molecule has 0 spiro atoms. The average molecular weight is 1420 g/mol. The highest BCUT2D eigenvalue weighted by atomic mass is 16.3. The van der Waals surface area contributed by atoms with Gasteiger partial charge in [-0.3, -0.25) is 0 Å². The number of hydrogen-bond donors (Lipinski definition) is 0. The van der Waals surface area contributed by atoms with Crippen LogP contribution in [0.25, 0.3) is 149 Å². The van der Waals surface area contributed by atoms with Gasteiger partial charge < -0.3 is 18.8 Å². The van der Waals surface area contributed by atoms with Crippen LogP contribution in [0, 0.1) is 0 Å². The molecule has 526 valence electrons. The van der Waals surface area contributed by atoms with Gasteiger partial charge in [-0.15, -0.1) is 0 Å². The molecular weight excluding hydrogens is 1340 g/mol. The summed E-state index contributed by atoms with van der Waals surface area (Å²) >= 11 is 0. The summed E-state index contributed by atoms with van der Waals surface area (Å²) in [6, 6.07) is 137. The van der Waals surface area contributed by atoms with E-state index in [1.165, 1.54) is 76.5 Å². The van der Waals surface area contributed by atoms with E-state index in [1.807, 2.05) is 0 Å². The summed E-state index contributed by atoms with van der Waals surface area (Å²) in [5.74, 6) is 0. The van der Waals surface area contributed by atoms with Crippen LogP contribution in [0.4, 0.5) is 34.1 Å². The SMILES string of the molecule is CC(C)(C)c1cc(-c2ccccc2)c(N2c3cc(-c4ccc5c(c4)oc4ccccc45)ccc3B3c4ccc(-c5c6ccccc6c(-c6ccccc6)c6ccccc56)cc4N(c4c(-c5ccccc5)cc(C(C)(C)C)cc4-c4ccccc4)c4cc(-n5c6ccccc6c6ccccc65)cc2c43)c(-c2ccccc2)c1. The predicted molar refractivity (Wildman–Crippen MR) is 473 cm³/mol. The number of nitrogens with zero attached hydrogens (tertiary/aromatic N) is 3. The summed E-state index contributed by atoms with van der Waals surface area (Å²) in [6.07, 6.45) is 0. The monoisotopic (exact) mass is 1420 g/mol. The molecule has 21 rings (SSSR count). The Morgan fingerprint density at radius 3 is 1.02 bits per heavy atom. The molecule has 111 heavy (non-hydrogen) atoms. The van der Waals surface area contributed by atoms with Crippen molar-refractivity contribution in [2.45, 2.75) is 52.4 Å². The Morgan fingerprint density at radius 2 is 0.586 bits per heavy atom. The molecule has 2 aromatic heterocycles. The van der Waals surface area contributed by atoms with Crippen LogP contribution in [0.5, 0.6) is 0 Å². The molecule has 19 aromatic rings. The zero-order chi connectivity index (χ0) is 74.4. The lowest BCUT2D eigenvalue weighted by Gasteiger charge is -2.46. The summed E-state index contributed by atoms with van der Waals surface area (Å²) in [5, 5.41) is 9.43. The van der Waals surface area contributed by atoms with Crippen LogP contribution >= 0.6 is 0 Å². The minimum Gasteiger partial charge on any atom is -0.456 e. The Balaban J connectivity index is 0.965. The minimum absolute atomic E-state index is 0.227. The number of aromatic nitrogens is 1. The first-order valence-corrected chi connectivity index (χ1v) is 38.9. The number of benzene rings is 17. The van der Waals surface area contributed by atoms with Gasteiger partial charge in [0.1, 0.15) is 11.2 Å². The lowest BCUT2D eigenvalue weighted by molar-refractivity contribution is 0.590. The van der Waals surface area contributed by atoms with Crippen molar-refractivity contribution in [1.29, 1.82) is 0 Å². The van der Waals surface area contributed by atoms with E-state index in [9.17, 15) is 0 Å². The zero-order valence-electron chi connectivity index (χ0n) is 63.0. The molecule has 17 aromatic carbocycles. The van der Waals surface area contributed by atoms with Crippen molar-refractivity contribution in [2.24, 2.45) is 0 Å². The summed E-state index contributed by atoms with van der Waals surface area (Å²) < 4.78 is 9.33. The third kappa shape index (κ3) is 10.7. The van der Waals surface area contributed by atoms with Crippen LogP contribution in [0.2, 0.25) is 0 Å². The summed E-state index contributed by atoms with van der Waals surface area (Å²) in [7, 11) is 0. The molecule has 4 nitrogen and oxygen atoms in total. The maximum Gasteiger partial charge on any atom is 0.252 e. The van der Waals surface area contributed by atoms with E-state index in [1.54, 1.807) is 0 Å². The van der Waals surface area contributed by atoms with Crippen LogP contribution in [-0.2, 0) is 10.8 Å². The van der Waals surface area contributed by atoms with Gasteiger partial charge in [-0.05, 0) is 194 Å². The van der Waals surface area contributed by atoms with Crippen LogP contribution < -0.4 is 26.2 Å². The molecule has 5 heteroatoms. The van der Waals surface area contributed by atoms with Gasteiger partial charge in [0.15, 0.2) is 0 Å². The molecule has 0 unspecified atom stereocenters. The molecule has 0 aliphatic carbocycles. The van der Waals surface area contributed by atoms with E-state index >= 15 is 0 Å². The van der Waals surface area contributed by atoms with Crippen LogP contribution in [0.3, 0.4) is 0 Å². The Hall–Kier alpha value is -13.5. The Bertz CT molecular complexity index is 6730. The lowest BCUT2D eigenvalue weighted by Crippen LogP contribution is -2.61. The highest BCUT2D eigenvalue weighted by Crippen LogP contribution is 2.57. The fraction of sp³-hybridized carbons (Fsp3) is 0.0755. The summed E-state index contributed by atoms with van der Waals surface area (Å²) in [4.78, 5) is 5.45. The first kappa shape index (κ1) is 65.8. The second-order valence-electron chi connectivity index (χ2n) is 32.2. The smallest absolute Gasteiger partial charge is 0.252 e. The maximum absolute atomic E-state index is 6.78. The predicted octanol–water partition coefficient (Wildman–Crippen LogP) is 27.3. The lowest BCUT2D eigenvalue weighted by atomic mass is 9.33. The summed E-state index contributed by atoms with van der Waals surface area (Å²) in [6.45, 7) is 13.8. The Labute approximate surface area is 648 Å². The number of anilines is 6. The van der Waals surface area contributed by atoms with Crippen molar-refractivity contribution in [2.75, 3.05) is 9.80 Å². The standard InChI is InChI=1S/C106H78BN3O/c1-105(2,3)75-61-86(67-32-12-7-13-33-67)103(87(62-75)68-34-14-8-15-35-68)109-94-58-72(73-52-55-81-80-44-28-31-51-98(80)111-99(81)60-73)53-56-90(94)107-91-57-54-74(101-84-47-24-22-45-82(84)100(71-40-20-11-21-41-71)83-46-23-25-48-85(83)101)59-95(91)110(97-66-77(65-96(109)102(97)107)108-92-49-29-26-42-78(92)79-43-27-30-50-93(79)108)104-88(69-36-16-9-17-37-69)63-76(106(4,5)6)64-89(104)70-38-18-10-19-39-70/h7-66H,1-6H3. The van der Waals surface area contributed by atoms with Crippen LogP contribution in [-0.4, -0.2) is 11.3 Å². The fourth-order valence-corrected chi connectivity index (χ4v) is 18.4. The first-order chi connectivity index (χ1) is 54.4. The number of para-hydroxylation sites is 3. The van der Waals surface area contributed by atoms with E-state index in [4.69, 9.17) is 4.42 Å². The third-order valence-electron chi connectivity index (χ3n) is 23.6. The number of hydrogen-bond acceptors (Lipinski definition) is 3. The second kappa shape index (κ2) is 25.6. The van der Waals surface area contributed by atoms with Gasteiger partial charge in [-0.1, -0.05) is 327 Å². The van der Waals surface area contributed by atoms with Crippen molar-refractivity contribution in [3.8, 4) is 83.6 Å². The fourth-order valence-electron chi connectivity index (χ4n) is 18.4. The molecule has 2 aliphatic rings. The van der Waals surface area contributed by atoms with Gasteiger partial charge in [0.2, 0.25) is 0 Å². The summed E-state index contributed by atoms with van der Waals surface area (Å²) in [5.41, 5.74) is 33.3.